The number of morpholine rings is 1. The van der Waals surface area contributed by atoms with Crippen molar-refractivity contribution in [2.75, 3.05) is 38.2 Å². The molecule has 1 aliphatic carbocycles. The summed E-state index contributed by atoms with van der Waals surface area (Å²) >= 11 is 0. The van der Waals surface area contributed by atoms with E-state index in [2.05, 4.69) is 39.4 Å². The van der Waals surface area contributed by atoms with E-state index in [9.17, 15) is 4.79 Å². The summed E-state index contributed by atoms with van der Waals surface area (Å²) in [4.78, 5) is 14.5. The number of fused-ring (bicyclic) bond motifs is 1. The maximum absolute atomic E-state index is 12.1. The van der Waals surface area contributed by atoms with E-state index in [0.717, 1.165) is 69.6 Å². The van der Waals surface area contributed by atoms with Gasteiger partial charge in [-0.3, -0.25) is 9.69 Å². The van der Waals surface area contributed by atoms with E-state index in [0.29, 0.717) is 23.0 Å². The molecular formula is C23H31N7O3. The van der Waals surface area contributed by atoms with Crippen LogP contribution < -0.4 is 11.1 Å². The number of primary amides is 1. The van der Waals surface area contributed by atoms with Crippen molar-refractivity contribution in [1.29, 1.82) is 0 Å². The lowest BCUT2D eigenvalue weighted by atomic mass is 10.00. The molecule has 0 radical (unpaired) electrons. The minimum absolute atomic E-state index is 0.196. The van der Waals surface area contributed by atoms with E-state index in [1.807, 2.05) is 12.3 Å². The van der Waals surface area contributed by atoms with Gasteiger partial charge in [-0.2, -0.15) is 5.10 Å². The van der Waals surface area contributed by atoms with Crippen molar-refractivity contribution in [2.24, 2.45) is 11.1 Å². The summed E-state index contributed by atoms with van der Waals surface area (Å²) in [6, 6.07) is 2.11. The van der Waals surface area contributed by atoms with Crippen LogP contribution in [0, 0.1) is 5.41 Å². The normalized spacial score (nSPS) is 19.0. The van der Waals surface area contributed by atoms with E-state index >= 15 is 0 Å². The molecule has 3 aromatic rings. The van der Waals surface area contributed by atoms with Crippen LogP contribution in [0.25, 0.3) is 17.0 Å². The van der Waals surface area contributed by atoms with Crippen LogP contribution in [0.5, 0.6) is 0 Å². The number of hydrogen-bond acceptors (Lipinski definition) is 8. The van der Waals surface area contributed by atoms with Crippen LogP contribution in [0.4, 0.5) is 5.69 Å². The fourth-order valence-electron chi connectivity index (χ4n) is 4.28. The molecule has 0 aromatic carbocycles. The van der Waals surface area contributed by atoms with E-state index in [-0.39, 0.29) is 11.5 Å². The minimum atomic E-state index is -0.510. The van der Waals surface area contributed by atoms with Gasteiger partial charge < -0.3 is 20.2 Å². The van der Waals surface area contributed by atoms with Crippen molar-refractivity contribution in [2.45, 2.75) is 45.6 Å². The minimum Gasteiger partial charge on any atom is -0.421 e. The number of ether oxygens (including phenoxy) is 1. The third kappa shape index (κ3) is 4.58. The predicted molar refractivity (Wildman–Crippen MR) is 123 cm³/mol. The maximum Gasteiger partial charge on any atom is 0.252 e. The zero-order valence-corrected chi connectivity index (χ0v) is 19.2. The number of anilines is 1. The quantitative estimate of drug-likeness (QED) is 0.506. The van der Waals surface area contributed by atoms with Gasteiger partial charge in [0.05, 0.1) is 41.7 Å². The Morgan fingerprint density at radius 3 is 2.82 bits per heavy atom. The predicted octanol–water partition coefficient (Wildman–Crippen LogP) is 2.35. The van der Waals surface area contributed by atoms with Gasteiger partial charge in [0.2, 0.25) is 11.8 Å². The number of aryl methyl sites for hydroxylation is 1. The van der Waals surface area contributed by atoms with E-state index in [1.165, 1.54) is 6.20 Å². The smallest absolute Gasteiger partial charge is 0.252 e. The molecule has 1 aliphatic heterocycles. The van der Waals surface area contributed by atoms with Gasteiger partial charge in [0.1, 0.15) is 0 Å². The summed E-state index contributed by atoms with van der Waals surface area (Å²) in [5, 5.41) is 16.4. The van der Waals surface area contributed by atoms with Crippen LogP contribution in [-0.4, -0.2) is 69.5 Å². The van der Waals surface area contributed by atoms with Crippen LogP contribution in [0.2, 0.25) is 0 Å². The van der Waals surface area contributed by atoms with Gasteiger partial charge >= 0.3 is 0 Å². The molecule has 2 aliphatic rings. The number of rotatable bonds is 9. The van der Waals surface area contributed by atoms with E-state index in [4.69, 9.17) is 14.9 Å². The van der Waals surface area contributed by atoms with Crippen molar-refractivity contribution in [3.63, 3.8) is 0 Å². The molecule has 1 amide bonds. The van der Waals surface area contributed by atoms with Gasteiger partial charge in [-0.05, 0) is 44.2 Å². The van der Waals surface area contributed by atoms with Gasteiger partial charge in [0, 0.05) is 31.7 Å². The Labute approximate surface area is 192 Å². The average molecular weight is 454 g/mol. The second-order valence-corrected chi connectivity index (χ2v) is 9.43. The van der Waals surface area contributed by atoms with Gasteiger partial charge in [-0.15, -0.1) is 10.2 Å². The third-order valence-corrected chi connectivity index (χ3v) is 7.03. The van der Waals surface area contributed by atoms with Crippen LogP contribution >= 0.6 is 0 Å². The highest BCUT2D eigenvalue weighted by molar-refractivity contribution is 6.02. The highest BCUT2D eigenvalue weighted by atomic mass is 16.5. The number of aromatic nitrogens is 4. The molecule has 0 spiro atoms. The molecule has 3 aromatic heterocycles. The first kappa shape index (κ1) is 21.8. The topological polar surface area (TPSA) is 124 Å². The lowest BCUT2D eigenvalue weighted by Crippen LogP contribution is -2.36. The molecule has 10 nitrogen and oxygen atoms in total. The molecular weight excluding hydrogens is 422 g/mol. The molecule has 3 N–H and O–H groups in total. The first-order valence-corrected chi connectivity index (χ1v) is 11.6. The van der Waals surface area contributed by atoms with Gasteiger partial charge in [0.25, 0.3) is 5.91 Å². The molecule has 33 heavy (non-hydrogen) atoms. The Hall–Kier alpha value is -2.98. The molecule has 2 fully saturated rings. The standard InChI is InChI=1S/C23H31N7O3/c1-15(23(2)5-6-23)26-20-17(21(24)31)13-25-30-14-16(12-18(20)30)22-28-27-19(33-22)4-3-7-29-8-10-32-11-9-29/h12-15,26H,3-11H2,1-2H3,(H2,24,31)/t15-/m1/s1. The molecule has 1 atom stereocenters. The number of nitrogens with two attached hydrogens (primary N) is 1. The molecule has 176 valence electrons. The summed E-state index contributed by atoms with van der Waals surface area (Å²) in [5.41, 5.74) is 8.45. The largest absolute Gasteiger partial charge is 0.421 e. The average Bonchev–Trinajstić information content (AvgIpc) is 3.21. The van der Waals surface area contributed by atoms with Crippen molar-refractivity contribution in [3.8, 4) is 11.5 Å². The molecule has 10 heteroatoms. The monoisotopic (exact) mass is 453 g/mol. The van der Waals surface area contributed by atoms with Gasteiger partial charge in [-0.25, -0.2) is 4.52 Å². The Bertz CT molecular complexity index is 1140. The first-order chi connectivity index (χ1) is 15.9. The number of nitrogens with one attached hydrogen (secondary N) is 1. The van der Waals surface area contributed by atoms with Crippen molar-refractivity contribution in [1.82, 2.24) is 24.7 Å². The Morgan fingerprint density at radius 2 is 2.09 bits per heavy atom. The highest BCUT2D eigenvalue weighted by Gasteiger charge is 2.43. The molecule has 1 saturated heterocycles. The van der Waals surface area contributed by atoms with Gasteiger partial charge in [0.15, 0.2) is 0 Å². The fourth-order valence-corrected chi connectivity index (χ4v) is 4.28. The lowest BCUT2D eigenvalue weighted by molar-refractivity contribution is 0.0373. The SMILES string of the molecule is C[C@@H](Nc1c(C(N)=O)cnn2cc(-c3nnc(CCCN4CCOCC4)o3)cc12)C1(C)CC1. The highest BCUT2D eigenvalue weighted by Crippen LogP contribution is 2.49. The molecule has 0 bridgehead atoms. The number of carbonyl (C=O) groups excluding carboxylic acids is 1. The summed E-state index contributed by atoms with van der Waals surface area (Å²) < 4.78 is 13.0. The van der Waals surface area contributed by atoms with Gasteiger partial charge in [-0.1, -0.05) is 6.92 Å². The van der Waals surface area contributed by atoms with Crippen molar-refractivity contribution < 1.29 is 13.9 Å². The first-order valence-electron chi connectivity index (χ1n) is 11.6. The summed E-state index contributed by atoms with van der Waals surface area (Å²) in [5.74, 6) is 0.548. The van der Waals surface area contributed by atoms with Crippen LogP contribution in [0.3, 0.4) is 0 Å². The summed E-state index contributed by atoms with van der Waals surface area (Å²) in [6.45, 7) is 8.92. The van der Waals surface area contributed by atoms with Crippen LogP contribution in [0.1, 0.15) is 49.4 Å². The molecule has 4 heterocycles. The zero-order chi connectivity index (χ0) is 23.0. The number of hydrogen-bond donors (Lipinski definition) is 2. The third-order valence-electron chi connectivity index (χ3n) is 7.03. The lowest BCUT2D eigenvalue weighted by Gasteiger charge is -2.26. The molecule has 0 unspecified atom stereocenters. The maximum atomic E-state index is 12.1. The summed E-state index contributed by atoms with van der Waals surface area (Å²) in [7, 11) is 0. The van der Waals surface area contributed by atoms with Crippen molar-refractivity contribution >= 4 is 17.1 Å². The van der Waals surface area contributed by atoms with Crippen LogP contribution in [-0.2, 0) is 11.2 Å². The van der Waals surface area contributed by atoms with E-state index in [1.54, 1.807) is 4.52 Å². The zero-order valence-electron chi connectivity index (χ0n) is 19.2. The molecule has 5 rings (SSSR count). The second-order valence-electron chi connectivity index (χ2n) is 9.43. The number of nitrogens with zero attached hydrogens (tertiary/aromatic N) is 5. The van der Waals surface area contributed by atoms with E-state index < -0.39 is 5.91 Å². The fraction of sp³-hybridized carbons (Fsp3) is 0.565. The van der Waals surface area contributed by atoms with Crippen molar-refractivity contribution in [3.05, 3.63) is 29.9 Å². The Kier molecular flexibility index (Phi) is 5.79. The Balaban J connectivity index is 1.34. The van der Waals surface area contributed by atoms with Crippen LogP contribution in [0.15, 0.2) is 22.9 Å². The second kappa shape index (κ2) is 8.75. The number of amides is 1. The summed E-state index contributed by atoms with van der Waals surface area (Å²) in [6.07, 6.45) is 7.35. The molecule has 1 saturated carbocycles. The Morgan fingerprint density at radius 1 is 1.30 bits per heavy atom. The number of carbonyl (C=O) groups is 1.